The number of unbranched alkanes of at least 4 members (excludes halogenated alkanes) is 3. The Bertz CT molecular complexity index is 335. The highest BCUT2D eigenvalue weighted by Crippen LogP contribution is 2.31. The molecule has 1 aromatic carbocycles. The maximum absolute atomic E-state index is 12.9. The van der Waals surface area contributed by atoms with Crippen molar-refractivity contribution in [1.29, 1.82) is 0 Å². The zero-order chi connectivity index (χ0) is 14.1. The normalized spacial score (nSPS) is 13.3. The second-order valence-electron chi connectivity index (χ2n) is 4.71. The summed E-state index contributed by atoms with van der Waals surface area (Å²) in [6.45, 7) is 1.75. The Morgan fingerprint density at radius 1 is 1.05 bits per heavy atom. The van der Waals surface area contributed by atoms with Gasteiger partial charge in [-0.1, -0.05) is 50.8 Å². The molecular formula is C15H21F3O. The van der Waals surface area contributed by atoms with Gasteiger partial charge in [-0.3, -0.25) is 0 Å². The van der Waals surface area contributed by atoms with Gasteiger partial charge in [0.15, 0.2) is 0 Å². The number of hydrogen-bond acceptors (Lipinski definition) is 1. The van der Waals surface area contributed by atoms with E-state index in [-0.39, 0.29) is 13.0 Å². The van der Waals surface area contributed by atoms with E-state index in [1.807, 2.05) is 6.92 Å². The number of ether oxygens (including phenoxy) is 1. The molecule has 108 valence electrons. The minimum atomic E-state index is -4.18. The van der Waals surface area contributed by atoms with Gasteiger partial charge in [0.2, 0.25) is 0 Å². The molecule has 1 aromatic rings. The Labute approximate surface area is 112 Å². The van der Waals surface area contributed by atoms with Crippen molar-refractivity contribution >= 4 is 0 Å². The predicted octanol–water partition coefficient (Wildman–Crippen LogP) is 5.21. The average Bonchev–Trinajstić information content (AvgIpc) is 2.37. The lowest BCUT2D eigenvalue weighted by atomic mass is 10.0. The number of hydrogen-bond donors (Lipinski definition) is 0. The van der Waals surface area contributed by atoms with E-state index in [0.717, 1.165) is 19.3 Å². The van der Waals surface area contributed by atoms with Crippen LogP contribution < -0.4 is 4.74 Å². The monoisotopic (exact) mass is 274 g/mol. The Hall–Kier alpha value is -1.19. The largest absolute Gasteiger partial charge is 0.493 e. The van der Waals surface area contributed by atoms with Crippen LogP contribution in [0.2, 0.25) is 0 Å². The molecule has 1 atom stereocenters. The first-order chi connectivity index (χ1) is 9.04. The fourth-order valence-corrected chi connectivity index (χ4v) is 1.87. The highest BCUT2D eigenvalue weighted by atomic mass is 19.4. The highest BCUT2D eigenvalue weighted by Gasteiger charge is 2.39. The molecule has 0 amide bonds. The van der Waals surface area contributed by atoms with E-state index in [9.17, 15) is 13.2 Å². The molecular weight excluding hydrogens is 253 g/mol. The van der Waals surface area contributed by atoms with Crippen molar-refractivity contribution in [2.45, 2.75) is 45.2 Å². The van der Waals surface area contributed by atoms with E-state index in [0.29, 0.717) is 12.2 Å². The summed E-state index contributed by atoms with van der Waals surface area (Å²) < 4.78 is 43.8. The van der Waals surface area contributed by atoms with Gasteiger partial charge in [-0.15, -0.1) is 0 Å². The lowest BCUT2D eigenvalue weighted by Crippen LogP contribution is -2.28. The minimum Gasteiger partial charge on any atom is -0.493 e. The predicted molar refractivity (Wildman–Crippen MR) is 70.2 cm³/mol. The van der Waals surface area contributed by atoms with Crippen molar-refractivity contribution in [2.75, 3.05) is 6.61 Å². The summed E-state index contributed by atoms with van der Waals surface area (Å²) in [6, 6.07) is 8.65. The molecule has 0 aliphatic carbocycles. The van der Waals surface area contributed by atoms with Crippen LogP contribution in [0.25, 0.3) is 0 Å². The number of alkyl halides is 3. The van der Waals surface area contributed by atoms with Gasteiger partial charge in [0.1, 0.15) is 5.75 Å². The quantitative estimate of drug-likeness (QED) is 0.591. The van der Waals surface area contributed by atoms with Crippen LogP contribution in [0.4, 0.5) is 13.2 Å². The standard InChI is InChI=1S/C15H21F3O/c1-2-3-4-6-9-13(15(16,17)18)12-19-14-10-7-5-8-11-14/h5,7-8,10-11,13H,2-4,6,9,12H2,1H3. The topological polar surface area (TPSA) is 9.23 Å². The van der Waals surface area contributed by atoms with Crippen molar-refractivity contribution in [3.63, 3.8) is 0 Å². The van der Waals surface area contributed by atoms with Gasteiger partial charge in [-0.2, -0.15) is 13.2 Å². The highest BCUT2D eigenvalue weighted by molar-refractivity contribution is 5.20. The summed E-state index contributed by atoms with van der Waals surface area (Å²) in [7, 11) is 0. The first kappa shape index (κ1) is 15.9. The molecule has 0 bridgehead atoms. The van der Waals surface area contributed by atoms with E-state index in [1.165, 1.54) is 0 Å². The van der Waals surface area contributed by atoms with Crippen LogP contribution in [0.5, 0.6) is 5.75 Å². The van der Waals surface area contributed by atoms with Gasteiger partial charge < -0.3 is 4.74 Å². The van der Waals surface area contributed by atoms with Crippen molar-refractivity contribution in [2.24, 2.45) is 5.92 Å². The van der Waals surface area contributed by atoms with E-state index >= 15 is 0 Å². The molecule has 1 nitrogen and oxygen atoms in total. The molecule has 0 N–H and O–H groups in total. The van der Waals surface area contributed by atoms with Gasteiger partial charge >= 0.3 is 6.18 Å². The van der Waals surface area contributed by atoms with E-state index in [2.05, 4.69) is 0 Å². The molecule has 1 rings (SSSR count). The van der Waals surface area contributed by atoms with Gasteiger partial charge in [-0.05, 0) is 18.6 Å². The van der Waals surface area contributed by atoms with Gasteiger partial charge in [0, 0.05) is 0 Å². The second-order valence-corrected chi connectivity index (χ2v) is 4.71. The third kappa shape index (κ3) is 6.50. The smallest absolute Gasteiger partial charge is 0.395 e. The maximum atomic E-state index is 12.9. The van der Waals surface area contributed by atoms with Crippen LogP contribution in [-0.4, -0.2) is 12.8 Å². The van der Waals surface area contributed by atoms with Crippen LogP contribution in [0.3, 0.4) is 0 Å². The molecule has 0 saturated carbocycles. The van der Waals surface area contributed by atoms with Crippen LogP contribution in [0.15, 0.2) is 30.3 Å². The zero-order valence-electron chi connectivity index (χ0n) is 11.2. The van der Waals surface area contributed by atoms with Crippen molar-refractivity contribution in [1.82, 2.24) is 0 Å². The molecule has 0 aliphatic heterocycles. The lowest BCUT2D eigenvalue weighted by Gasteiger charge is -2.20. The summed E-state index contributed by atoms with van der Waals surface area (Å²) in [5.41, 5.74) is 0. The first-order valence-electron chi connectivity index (χ1n) is 6.78. The molecule has 1 unspecified atom stereocenters. The molecule has 0 heterocycles. The second kappa shape index (κ2) is 8.08. The van der Waals surface area contributed by atoms with E-state index in [1.54, 1.807) is 30.3 Å². The third-order valence-corrected chi connectivity index (χ3v) is 3.06. The van der Waals surface area contributed by atoms with Gasteiger partial charge in [-0.25, -0.2) is 0 Å². The fourth-order valence-electron chi connectivity index (χ4n) is 1.87. The SMILES string of the molecule is CCCCCCC(COc1ccccc1)C(F)(F)F. The summed E-state index contributed by atoms with van der Waals surface area (Å²) in [5, 5.41) is 0. The van der Waals surface area contributed by atoms with Crippen LogP contribution in [0.1, 0.15) is 39.0 Å². The van der Waals surface area contributed by atoms with Crippen LogP contribution in [-0.2, 0) is 0 Å². The van der Waals surface area contributed by atoms with Crippen LogP contribution in [0, 0.1) is 5.92 Å². The molecule has 0 saturated heterocycles. The lowest BCUT2D eigenvalue weighted by molar-refractivity contribution is -0.183. The summed E-state index contributed by atoms with van der Waals surface area (Å²) >= 11 is 0. The van der Waals surface area contributed by atoms with Crippen molar-refractivity contribution < 1.29 is 17.9 Å². The molecule has 0 aromatic heterocycles. The van der Waals surface area contributed by atoms with E-state index in [4.69, 9.17) is 4.74 Å². The van der Waals surface area contributed by atoms with E-state index < -0.39 is 12.1 Å². The van der Waals surface area contributed by atoms with Crippen LogP contribution >= 0.6 is 0 Å². The summed E-state index contributed by atoms with van der Waals surface area (Å²) in [6.07, 6.45) is -0.552. The summed E-state index contributed by atoms with van der Waals surface area (Å²) in [4.78, 5) is 0. The number of rotatable bonds is 8. The average molecular weight is 274 g/mol. The maximum Gasteiger partial charge on any atom is 0.395 e. The van der Waals surface area contributed by atoms with Crippen molar-refractivity contribution in [3.8, 4) is 5.75 Å². The number of benzene rings is 1. The molecule has 0 aliphatic rings. The fraction of sp³-hybridized carbons (Fsp3) is 0.600. The number of para-hydroxylation sites is 1. The first-order valence-corrected chi connectivity index (χ1v) is 6.78. The molecule has 4 heteroatoms. The molecule has 0 radical (unpaired) electrons. The van der Waals surface area contributed by atoms with Gasteiger partial charge in [0.25, 0.3) is 0 Å². The molecule has 0 spiro atoms. The Morgan fingerprint density at radius 2 is 1.74 bits per heavy atom. The molecule has 19 heavy (non-hydrogen) atoms. The molecule has 0 fully saturated rings. The zero-order valence-corrected chi connectivity index (χ0v) is 11.2. The Kier molecular flexibility index (Phi) is 6.74. The Balaban J connectivity index is 2.42. The summed E-state index contributed by atoms with van der Waals surface area (Å²) in [5.74, 6) is -0.880. The van der Waals surface area contributed by atoms with Crippen molar-refractivity contribution in [3.05, 3.63) is 30.3 Å². The third-order valence-electron chi connectivity index (χ3n) is 3.06. The Morgan fingerprint density at radius 3 is 2.32 bits per heavy atom. The minimum absolute atomic E-state index is 0.149. The van der Waals surface area contributed by atoms with Gasteiger partial charge in [0.05, 0.1) is 12.5 Å². The number of halogens is 3.